The fraction of sp³-hybridized carbons (Fsp3) is 0.364. The second-order valence-corrected chi connectivity index (χ2v) is 3.16. The molecule has 17 heavy (non-hydrogen) atoms. The molecule has 0 N–H and O–H groups in total. The zero-order valence-corrected chi connectivity index (χ0v) is 9.11. The van der Waals surface area contributed by atoms with Crippen molar-refractivity contribution < 1.29 is 18.3 Å². The number of ether oxygens (including phenoxy) is 1. The Hall–Kier alpha value is -2.03. The molecule has 0 saturated carbocycles. The SMILES string of the molecule is CCOC(=O)Cc1cnc(C(F)F)cc1C#N. The average molecular weight is 240 g/mol. The number of aromatic nitrogens is 1. The number of alkyl halides is 2. The summed E-state index contributed by atoms with van der Waals surface area (Å²) in [6.07, 6.45) is -1.77. The highest BCUT2D eigenvalue weighted by Gasteiger charge is 2.14. The standard InChI is InChI=1S/C11H10F2N2O2/c1-2-17-10(16)4-8-6-15-9(11(12)13)3-7(8)5-14/h3,6,11H,2,4H2,1H3. The number of carbonyl (C=O) groups is 1. The molecule has 4 nitrogen and oxygen atoms in total. The first-order valence-electron chi connectivity index (χ1n) is 4.91. The second-order valence-electron chi connectivity index (χ2n) is 3.16. The Labute approximate surface area is 96.8 Å². The highest BCUT2D eigenvalue weighted by molar-refractivity contribution is 5.73. The molecular weight excluding hydrogens is 230 g/mol. The largest absolute Gasteiger partial charge is 0.466 e. The maximum Gasteiger partial charge on any atom is 0.310 e. The van der Waals surface area contributed by atoms with Gasteiger partial charge in [0.15, 0.2) is 0 Å². The van der Waals surface area contributed by atoms with Crippen LogP contribution in [0.4, 0.5) is 8.78 Å². The number of nitrogens with zero attached hydrogens (tertiary/aromatic N) is 2. The second kappa shape index (κ2) is 5.89. The Balaban J connectivity index is 2.94. The Bertz CT molecular complexity index is 455. The molecule has 0 bridgehead atoms. The highest BCUT2D eigenvalue weighted by Crippen LogP contribution is 2.19. The van der Waals surface area contributed by atoms with Crippen LogP contribution in [0.5, 0.6) is 0 Å². The molecule has 6 heteroatoms. The van der Waals surface area contributed by atoms with Crippen molar-refractivity contribution in [1.82, 2.24) is 4.98 Å². The number of hydrogen-bond acceptors (Lipinski definition) is 4. The molecule has 90 valence electrons. The highest BCUT2D eigenvalue weighted by atomic mass is 19.3. The molecule has 0 unspecified atom stereocenters. The van der Waals surface area contributed by atoms with Gasteiger partial charge < -0.3 is 4.74 Å². The van der Waals surface area contributed by atoms with Crippen LogP contribution in [0.3, 0.4) is 0 Å². The van der Waals surface area contributed by atoms with Gasteiger partial charge in [0.1, 0.15) is 5.69 Å². The summed E-state index contributed by atoms with van der Waals surface area (Å²) < 4.78 is 29.4. The van der Waals surface area contributed by atoms with Crippen LogP contribution in [-0.4, -0.2) is 17.6 Å². The molecule has 1 aromatic heterocycles. The van der Waals surface area contributed by atoms with Gasteiger partial charge in [-0.25, -0.2) is 8.78 Å². The minimum atomic E-state index is -2.74. The molecule has 1 rings (SSSR count). The summed E-state index contributed by atoms with van der Waals surface area (Å²) in [6, 6.07) is 2.74. The lowest BCUT2D eigenvalue weighted by atomic mass is 10.1. The third-order valence-corrected chi connectivity index (χ3v) is 1.99. The third-order valence-electron chi connectivity index (χ3n) is 1.99. The van der Waals surface area contributed by atoms with Crippen molar-refractivity contribution in [2.75, 3.05) is 6.61 Å². The van der Waals surface area contributed by atoms with Gasteiger partial charge in [-0.15, -0.1) is 0 Å². The smallest absolute Gasteiger partial charge is 0.310 e. The summed E-state index contributed by atoms with van der Waals surface area (Å²) in [4.78, 5) is 14.7. The molecule has 0 spiro atoms. The molecule has 0 atom stereocenters. The van der Waals surface area contributed by atoms with Gasteiger partial charge in [-0.2, -0.15) is 5.26 Å². The predicted molar refractivity (Wildman–Crippen MR) is 54.2 cm³/mol. The summed E-state index contributed by atoms with van der Waals surface area (Å²) in [7, 11) is 0. The van der Waals surface area contributed by atoms with E-state index < -0.39 is 18.1 Å². The number of hydrogen-bond donors (Lipinski definition) is 0. The van der Waals surface area contributed by atoms with E-state index in [1.165, 1.54) is 0 Å². The van der Waals surface area contributed by atoms with Gasteiger partial charge in [0, 0.05) is 6.20 Å². The van der Waals surface area contributed by atoms with Crippen LogP contribution in [0.25, 0.3) is 0 Å². The zero-order chi connectivity index (χ0) is 12.8. The van der Waals surface area contributed by atoms with Gasteiger partial charge >= 0.3 is 5.97 Å². The fourth-order valence-corrected chi connectivity index (χ4v) is 1.23. The first-order chi connectivity index (χ1) is 8.08. The Morgan fingerprint density at radius 1 is 1.65 bits per heavy atom. The summed E-state index contributed by atoms with van der Waals surface area (Å²) in [5.41, 5.74) is -0.173. The predicted octanol–water partition coefficient (Wildman–Crippen LogP) is 2.00. The van der Waals surface area contributed by atoms with Gasteiger partial charge in [-0.05, 0) is 18.6 Å². The van der Waals surface area contributed by atoms with Crippen molar-refractivity contribution >= 4 is 5.97 Å². The van der Waals surface area contributed by atoms with E-state index in [4.69, 9.17) is 10.00 Å². The normalized spacial score (nSPS) is 10.1. The molecule has 1 aromatic rings. The average Bonchev–Trinajstić information content (AvgIpc) is 2.29. The monoisotopic (exact) mass is 240 g/mol. The van der Waals surface area contributed by atoms with Crippen LogP contribution in [-0.2, 0) is 16.0 Å². The van der Waals surface area contributed by atoms with E-state index in [0.29, 0.717) is 0 Å². The van der Waals surface area contributed by atoms with E-state index in [2.05, 4.69) is 4.98 Å². The molecule has 0 fully saturated rings. The van der Waals surface area contributed by atoms with Crippen molar-refractivity contribution in [2.45, 2.75) is 19.8 Å². The van der Waals surface area contributed by atoms with Gasteiger partial charge in [-0.1, -0.05) is 0 Å². The van der Waals surface area contributed by atoms with E-state index in [9.17, 15) is 13.6 Å². The van der Waals surface area contributed by atoms with Crippen molar-refractivity contribution in [3.63, 3.8) is 0 Å². The Morgan fingerprint density at radius 3 is 2.88 bits per heavy atom. The molecule has 0 aromatic carbocycles. The number of nitriles is 1. The van der Waals surface area contributed by atoms with Crippen molar-refractivity contribution in [3.05, 3.63) is 29.1 Å². The molecule has 0 aliphatic rings. The van der Waals surface area contributed by atoms with Gasteiger partial charge in [-0.3, -0.25) is 9.78 Å². The topological polar surface area (TPSA) is 63.0 Å². The molecular formula is C11H10F2N2O2. The Kier molecular flexibility index (Phi) is 4.52. The lowest BCUT2D eigenvalue weighted by Crippen LogP contribution is -2.09. The molecule has 0 saturated heterocycles. The Morgan fingerprint density at radius 2 is 2.35 bits per heavy atom. The summed E-state index contributed by atoms with van der Waals surface area (Å²) in [5, 5.41) is 8.79. The van der Waals surface area contributed by atoms with E-state index in [1.807, 2.05) is 0 Å². The first kappa shape index (κ1) is 13.0. The lowest BCUT2D eigenvalue weighted by molar-refractivity contribution is -0.142. The number of esters is 1. The molecule has 1 heterocycles. The van der Waals surface area contributed by atoms with Crippen molar-refractivity contribution in [3.8, 4) is 6.07 Å². The first-order valence-corrected chi connectivity index (χ1v) is 4.91. The number of carbonyl (C=O) groups excluding carboxylic acids is 1. The lowest BCUT2D eigenvalue weighted by Gasteiger charge is -2.05. The quantitative estimate of drug-likeness (QED) is 0.755. The van der Waals surface area contributed by atoms with E-state index in [1.54, 1.807) is 13.0 Å². The van der Waals surface area contributed by atoms with Crippen LogP contribution in [0.1, 0.15) is 30.2 Å². The van der Waals surface area contributed by atoms with E-state index in [0.717, 1.165) is 12.3 Å². The van der Waals surface area contributed by atoms with Crippen LogP contribution < -0.4 is 0 Å². The minimum Gasteiger partial charge on any atom is -0.466 e. The van der Waals surface area contributed by atoms with Gasteiger partial charge in [0.25, 0.3) is 6.43 Å². The van der Waals surface area contributed by atoms with Crippen LogP contribution in [0.15, 0.2) is 12.3 Å². The van der Waals surface area contributed by atoms with Crippen LogP contribution in [0.2, 0.25) is 0 Å². The fourth-order valence-electron chi connectivity index (χ4n) is 1.23. The van der Waals surface area contributed by atoms with Gasteiger partial charge in [0.2, 0.25) is 0 Å². The van der Waals surface area contributed by atoms with E-state index >= 15 is 0 Å². The van der Waals surface area contributed by atoms with Crippen LogP contribution >= 0.6 is 0 Å². The van der Waals surface area contributed by atoms with Crippen molar-refractivity contribution in [1.29, 1.82) is 5.26 Å². The maximum atomic E-state index is 12.3. The zero-order valence-electron chi connectivity index (χ0n) is 9.11. The summed E-state index contributed by atoms with van der Waals surface area (Å²) >= 11 is 0. The van der Waals surface area contributed by atoms with Gasteiger partial charge in [0.05, 0.1) is 24.7 Å². The molecule has 0 radical (unpaired) electrons. The number of pyridine rings is 1. The molecule has 0 amide bonds. The molecule has 0 aliphatic carbocycles. The maximum absolute atomic E-state index is 12.3. The van der Waals surface area contributed by atoms with E-state index in [-0.39, 0.29) is 24.2 Å². The summed E-state index contributed by atoms with van der Waals surface area (Å²) in [6.45, 7) is 1.88. The van der Waals surface area contributed by atoms with Crippen molar-refractivity contribution in [2.24, 2.45) is 0 Å². The third kappa shape index (κ3) is 3.48. The minimum absolute atomic E-state index is 0.0170. The molecule has 0 aliphatic heterocycles. The summed E-state index contributed by atoms with van der Waals surface area (Å²) in [5.74, 6) is -0.518. The number of halogens is 2. The number of rotatable bonds is 4. The van der Waals surface area contributed by atoms with Crippen LogP contribution in [0, 0.1) is 11.3 Å².